The average Bonchev–Trinajstić information content (AvgIpc) is 3.35. The molecule has 3 fully saturated rings. The normalized spacial score (nSPS) is 31.3. The minimum atomic E-state index is -1.99. The summed E-state index contributed by atoms with van der Waals surface area (Å²) in [7, 11) is 0. The van der Waals surface area contributed by atoms with Gasteiger partial charge in [0, 0.05) is 23.4 Å². The highest BCUT2D eigenvalue weighted by atomic mass is 79.9. The molecule has 226 valence electrons. The molecule has 1 saturated carbocycles. The van der Waals surface area contributed by atoms with Gasteiger partial charge in [-0.1, -0.05) is 76.1 Å². The number of halogens is 3. The zero-order valence-electron chi connectivity index (χ0n) is 23.3. The van der Waals surface area contributed by atoms with Crippen molar-refractivity contribution in [1.82, 2.24) is 9.80 Å². The molecule has 44 heavy (non-hydrogen) atoms. The van der Waals surface area contributed by atoms with Crippen LogP contribution in [0.5, 0.6) is 11.5 Å². The number of fused-ring (bicyclic) bond motifs is 5. The number of rotatable bonds is 5. The monoisotopic (exact) mass is 696 g/mol. The molecule has 3 aromatic carbocycles. The van der Waals surface area contributed by atoms with Crippen LogP contribution in [0.1, 0.15) is 29.9 Å². The summed E-state index contributed by atoms with van der Waals surface area (Å²) in [6.07, 6.45) is 2.39. The van der Waals surface area contributed by atoms with Crippen LogP contribution in [-0.4, -0.2) is 65.4 Å². The first kappa shape index (κ1) is 29.3. The van der Waals surface area contributed by atoms with E-state index in [-0.39, 0.29) is 48.2 Å². The van der Waals surface area contributed by atoms with Crippen molar-refractivity contribution in [2.45, 2.75) is 34.9 Å². The van der Waals surface area contributed by atoms with Crippen molar-refractivity contribution in [1.29, 1.82) is 0 Å². The fourth-order valence-corrected chi connectivity index (χ4v) is 9.21. The Hall–Kier alpha value is -3.40. The number of imide groups is 2. The minimum absolute atomic E-state index is 0.0855. The molecule has 0 radical (unpaired) electrons. The van der Waals surface area contributed by atoms with Gasteiger partial charge in [0.2, 0.25) is 11.8 Å². The van der Waals surface area contributed by atoms with Crippen molar-refractivity contribution in [3.05, 3.63) is 83.4 Å². The lowest BCUT2D eigenvalue weighted by atomic mass is 9.56. The molecular formula is C33H27BrCl2N2O6. The highest BCUT2D eigenvalue weighted by molar-refractivity contribution is 9.09. The summed E-state index contributed by atoms with van der Waals surface area (Å²) >= 11 is 17.8. The number of hydrogen-bond donors (Lipinski definition) is 2. The molecule has 8 nitrogen and oxygen atoms in total. The lowest BCUT2D eigenvalue weighted by Crippen LogP contribution is -2.60. The molecular weight excluding hydrogens is 671 g/mol. The maximum Gasteiger partial charge on any atom is 0.254 e. The second-order valence-electron chi connectivity index (χ2n) is 12.0. The summed E-state index contributed by atoms with van der Waals surface area (Å²) < 4.78 is 0. The second kappa shape index (κ2) is 10.3. The zero-order chi connectivity index (χ0) is 31.1. The summed E-state index contributed by atoms with van der Waals surface area (Å²) in [5.41, 5.74) is 1.69. The van der Waals surface area contributed by atoms with Crippen LogP contribution in [0.3, 0.4) is 0 Å². The predicted octanol–water partition coefficient (Wildman–Crippen LogP) is 5.20. The summed E-state index contributed by atoms with van der Waals surface area (Å²) in [4.78, 5) is 53.8. The minimum Gasteiger partial charge on any atom is -0.508 e. The number of carbonyl (C=O) groups excluding carboxylic acids is 4. The predicted molar refractivity (Wildman–Crippen MR) is 167 cm³/mol. The number of amides is 4. The van der Waals surface area contributed by atoms with Gasteiger partial charge in [-0.25, -0.2) is 0 Å². The standard InChI is InChI=1S/C33H27BrCl2N2O6/c34-16-38-30(43)32(35)15-24-21(26(33(32,36)31(38)44)23-10-7-18-3-1-2-4-20(18)27(23)40)11-12-22-25(24)29(42)37(28(22)41)14-13-17-5-8-19(39)9-6-17/h1-11,22,24-26,39-40H,12-16H2. The molecule has 11 heteroatoms. The quantitative estimate of drug-likeness (QED) is 0.164. The fraction of sp³-hybridized carbons (Fsp3) is 0.333. The molecule has 2 aliphatic heterocycles. The number of hydrogen-bond acceptors (Lipinski definition) is 6. The number of likely N-dealkylation sites (tertiary alicyclic amines) is 2. The average molecular weight is 698 g/mol. The van der Waals surface area contributed by atoms with Gasteiger partial charge < -0.3 is 10.2 Å². The van der Waals surface area contributed by atoms with Gasteiger partial charge in [-0.2, -0.15) is 0 Å². The van der Waals surface area contributed by atoms with Crippen molar-refractivity contribution >= 4 is 73.5 Å². The van der Waals surface area contributed by atoms with E-state index >= 15 is 0 Å². The molecule has 2 saturated heterocycles. The number of phenols is 2. The molecule has 4 aliphatic rings. The summed E-state index contributed by atoms with van der Waals surface area (Å²) in [6.45, 7) is 0.159. The van der Waals surface area contributed by atoms with Crippen LogP contribution in [0.25, 0.3) is 10.8 Å². The van der Waals surface area contributed by atoms with Gasteiger partial charge in [0.05, 0.1) is 17.3 Å². The molecule has 2 heterocycles. The highest BCUT2D eigenvalue weighted by Crippen LogP contribution is 2.66. The topological polar surface area (TPSA) is 115 Å². The number of nitrogens with zero attached hydrogens (tertiary/aromatic N) is 2. The summed E-state index contributed by atoms with van der Waals surface area (Å²) in [5, 5.41) is 22.5. The number of phenolic OH excluding ortho intramolecular Hbond substituents is 2. The fourth-order valence-electron chi connectivity index (χ4n) is 7.79. The molecule has 2 N–H and O–H groups in total. The maximum atomic E-state index is 14.1. The lowest BCUT2D eigenvalue weighted by molar-refractivity contribution is -0.141. The van der Waals surface area contributed by atoms with Crippen molar-refractivity contribution in [2.24, 2.45) is 17.8 Å². The van der Waals surface area contributed by atoms with E-state index in [1.165, 1.54) is 4.90 Å². The third-order valence-electron chi connectivity index (χ3n) is 9.91. The Bertz CT molecular complexity index is 1800. The number of allylic oxidation sites excluding steroid dienone is 2. The molecule has 4 amide bonds. The van der Waals surface area contributed by atoms with E-state index < -0.39 is 45.2 Å². The second-order valence-corrected chi connectivity index (χ2v) is 13.7. The molecule has 6 unspecified atom stereocenters. The Balaban J connectivity index is 1.33. The number of aromatic hydroxyl groups is 2. The maximum absolute atomic E-state index is 14.1. The van der Waals surface area contributed by atoms with Crippen LogP contribution >= 0.6 is 39.1 Å². The van der Waals surface area contributed by atoms with Crippen molar-refractivity contribution in [2.75, 3.05) is 12.0 Å². The van der Waals surface area contributed by atoms with Crippen LogP contribution in [0.4, 0.5) is 0 Å². The van der Waals surface area contributed by atoms with E-state index in [2.05, 4.69) is 15.9 Å². The summed E-state index contributed by atoms with van der Waals surface area (Å²) in [5.74, 6) is -5.12. The van der Waals surface area contributed by atoms with Crippen LogP contribution in [0.2, 0.25) is 0 Å². The summed E-state index contributed by atoms with van der Waals surface area (Å²) in [6, 6.07) is 17.3. The van der Waals surface area contributed by atoms with Gasteiger partial charge in [-0.3, -0.25) is 29.0 Å². The van der Waals surface area contributed by atoms with Crippen LogP contribution < -0.4 is 0 Å². The largest absolute Gasteiger partial charge is 0.508 e. The van der Waals surface area contributed by atoms with E-state index in [4.69, 9.17) is 23.2 Å². The number of alkyl halides is 3. The first-order valence-electron chi connectivity index (χ1n) is 14.4. The third kappa shape index (κ3) is 3.88. The van der Waals surface area contributed by atoms with Crippen molar-refractivity contribution < 1.29 is 29.4 Å². The third-order valence-corrected chi connectivity index (χ3v) is 11.8. The zero-order valence-corrected chi connectivity index (χ0v) is 26.3. The van der Waals surface area contributed by atoms with Crippen LogP contribution in [0.15, 0.2) is 72.3 Å². The Kier molecular flexibility index (Phi) is 6.88. The Morgan fingerprint density at radius 1 is 0.864 bits per heavy atom. The first-order chi connectivity index (χ1) is 21.0. The number of carbonyl (C=O) groups is 4. The van der Waals surface area contributed by atoms with Gasteiger partial charge >= 0.3 is 0 Å². The van der Waals surface area contributed by atoms with E-state index in [9.17, 15) is 29.4 Å². The van der Waals surface area contributed by atoms with E-state index in [1.807, 2.05) is 24.3 Å². The Morgan fingerprint density at radius 2 is 1.59 bits per heavy atom. The highest BCUT2D eigenvalue weighted by Gasteiger charge is 2.76. The van der Waals surface area contributed by atoms with E-state index in [0.29, 0.717) is 22.9 Å². The van der Waals surface area contributed by atoms with Crippen LogP contribution in [0, 0.1) is 17.8 Å². The number of benzene rings is 3. The van der Waals surface area contributed by atoms with Gasteiger partial charge in [-0.05, 0) is 48.3 Å². The molecule has 6 atom stereocenters. The molecule has 0 aromatic heterocycles. The molecule has 3 aromatic rings. The van der Waals surface area contributed by atoms with Gasteiger partial charge in [0.15, 0.2) is 9.75 Å². The van der Waals surface area contributed by atoms with Gasteiger partial charge in [-0.15, -0.1) is 23.2 Å². The Morgan fingerprint density at radius 3 is 2.32 bits per heavy atom. The molecule has 0 spiro atoms. The molecule has 2 aliphatic carbocycles. The van der Waals surface area contributed by atoms with Crippen molar-refractivity contribution in [3.63, 3.8) is 0 Å². The Labute approximate surface area is 271 Å². The van der Waals surface area contributed by atoms with Crippen LogP contribution in [-0.2, 0) is 25.6 Å². The van der Waals surface area contributed by atoms with Crippen molar-refractivity contribution in [3.8, 4) is 11.5 Å². The van der Waals surface area contributed by atoms with Gasteiger partial charge in [0.1, 0.15) is 11.5 Å². The molecule has 7 rings (SSSR count). The van der Waals surface area contributed by atoms with E-state index in [1.54, 1.807) is 42.5 Å². The molecule has 0 bridgehead atoms. The van der Waals surface area contributed by atoms with E-state index in [0.717, 1.165) is 15.8 Å². The lowest BCUT2D eigenvalue weighted by Gasteiger charge is -2.50. The van der Waals surface area contributed by atoms with Gasteiger partial charge in [0.25, 0.3) is 11.8 Å². The SMILES string of the molecule is O=C1C2CC=C3C(CC4(Cl)C(=O)N(CBr)C(=O)C4(Cl)C3c3ccc4ccccc4c3O)C2C(=O)N1CCc1ccc(O)cc1. The first-order valence-corrected chi connectivity index (χ1v) is 16.2. The smallest absolute Gasteiger partial charge is 0.254 e.